The second kappa shape index (κ2) is 9.60. The molecule has 1 aliphatic heterocycles. The summed E-state index contributed by atoms with van der Waals surface area (Å²) in [6.45, 7) is 1.97. The van der Waals surface area contributed by atoms with Gasteiger partial charge in [-0.25, -0.2) is 4.98 Å². The minimum Gasteiger partial charge on any atom is -0.363 e. The van der Waals surface area contributed by atoms with Crippen molar-refractivity contribution in [2.45, 2.75) is 38.3 Å². The van der Waals surface area contributed by atoms with E-state index in [0.717, 1.165) is 17.7 Å². The molecule has 2 heterocycles. The van der Waals surface area contributed by atoms with Crippen molar-refractivity contribution in [2.75, 3.05) is 22.9 Å². The van der Waals surface area contributed by atoms with Gasteiger partial charge in [0.2, 0.25) is 0 Å². The lowest BCUT2D eigenvalue weighted by Gasteiger charge is -2.45. The summed E-state index contributed by atoms with van der Waals surface area (Å²) in [7, 11) is 0. The number of para-hydroxylation sites is 2. The third-order valence-corrected chi connectivity index (χ3v) is 6.09. The summed E-state index contributed by atoms with van der Waals surface area (Å²) < 4.78 is 79.8. The summed E-state index contributed by atoms with van der Waals surface area (Å²) in [6, 6.07) is 14.6. The van der Waals surface area contributed by atoms with Gasteiger partial charge < -0.3 is 9.80 Å². The molecule has 2 aromatic carbocycles. The summed E-state index contributed by atoms with van der Waals surface area (Å²) >= 11 is 6.11. The molecule has 186 valence electrons. The number of halogens is 7. The third-order valence-electron chi connectivity index (χ3n) is 5.89. The van der Waals surface area contributed by atoms with Crippen molar-refractivity contribution in [2.24, 2.45) is 0 Å². The number of pyridine rings is 1. The van der Waals surface area contributed by atoms with Gasteiger partial charge in [-0.2, -0.15) is 26.3 Å². The average molecular weight is 514 g/mol. The van der Waals surface area contributed by atoms with E-state index < -0.39 is 30.4 Å². The van der Waals surface area contributed by atoms with Crippen LogP contribution in [-0.2, 0) is 12.7 Å². The molecule has 0 unspecified atom stereocenters. The number of rotatable bonds is 5. The molecule has 3 aromatic rings. The molecular formula is C25H22ClF6N3. The molecule has 0 amide bonds. The molecule has 0 saturated heterocycles. The lowest BCUT2D eigenvalue weighted by atomic mass is 9.97. The SMILES string of the molecule is Cc1cc(CN2C[C@@H](c3cccc(C(F)(F)F)c3)N(CCC(F)(F)F)c3ccccc32)cc(Cl)n1. The molecule has 0 saturated carbocycles. The van der Waals surface area contributed by atoms with E-state index in [1.165, 1.54) is 12.1 Å². The zero-order chi connectivity index (χ0) is 25.4. The molecule has 0 N–H and O–H groups in total. The highest BCUT2D eigenvalue weighted by atomic mass is 35.5. The minimum absolute atomic E-state index is 0.190. The number of nitrogens with zero attached hydrogens (tertiary/aromatic N) is 3. The molecule has 4 rings (SSSR count). The first-order valence-electron chi connectivity index (χ1n) is 10.9. The minimum atomic E-state index is -4.57. The van der Waals surface area contributed by atoms with Gasteiger partial charge >= 0.3 is 12.4 Å². The first kappa shape index (κ1) is 25.2. The van der Waals surface area contributed by atoms with Crippen LogP contribution < -0.4 is 9.80 Å². The fourth-order valence-electron chi connectivity index (χ4n) is 4.44. The predicted molar refractivity (Wildman–Crippen MR) is 124 cm³/mol. The van der Waals surface area contributed by atoms with Crippen molar-refractivity contribution >= 4 is 23.0 Å². The Bertz CT molecular complexity index is 1170. The molecular weight excluding hydrogens is 492 g/mol. The van der Waals surface area contributed by atoms with Gasteiger partial charge in [-0.3, -0.25) is 0 Å². The maximum absolute atomic E-state index is 13.4. The maximum Gasteiger partial charge on any atom is 0.416 e. The fraction of sp³-hybridized carbons (Fsp3) is 0.320. The van der Waals surface area contributed by atoms with Crippen LogP contribution in [0, 0.1) is 6.92 Å². The van der Waals surface area contributed by atoms with E-state index in [0.29, 0.717) is 34.3 Å². The lowest BCUT2D eigenvalue weighted by molar-refractivity contribution is -0.137. The molecule has 0 spiro atoms. The Morgan fingerprint density at radius 3 is 2.31 bits per heavy atom. The zero-order valence-electron chi connectivity index (χ0n) is 18.7. The van der Waals surface area contributed by atoms with Crippen molar-refractivity contribution in [1.82, 2.24) is 4.98 Å². The summed E-state index contributed by atoms with van der Waals surface area (Å²) in [5, 5.41) is 0.312. The van der Waals surface area contributed by atoms with Crippen molar-refractivity contribution < 1.29 is 26.3 Å². The normalized spacial score (nSPS) is 16.4. The number of hydrogen-bond acceptors (Lipinski definition) is 3. The topological polar surface area (TPSA) is 19.4 Å². The van der Waals surface area contributed by atoms with Gasteiger partial charge in [0.25, 0.3) is 0 Å². The van der Waals surface area contributed by atoms with Gasteiger partial charge in [-0.05, 0) is 54.4 Å². The van der Waals surface area contributed by atoms with Crippen LogP contribution in [0.2, 0.25) is 5.15 Å². The van der Waals surface area contributed by atoms with Gasteiger partial charge in [-0.15, -0.1) is 0 Å². The molecule has 10 heteroatoms. The first-order chi connectivity index (χ1) is 16.4. The monoisotopic (exact) mass is 513 g/mol. The van der Waals surface area contributed by atoms with Crippen LogP contribution in [0.3, 0.4) is 0 Å². The Balaban J connectivity index is 1.78. The van der Waals surface area contributed by atoms with Crippen molar-refractivity contribution in [1.29, 1.82) is 0 Å². The highest BCUT2D eigenvalue weighted by Crippen LogP contribution is 2.43. The quantitative estimate of drug-likeness (QED) is 0.259. The van der Waals surface area contributed by atoms with Crippen LogP contribution in [0.15, 0.2) is 60.7 Å². The van der Waals surface area contributed by atoms with Crippen molar-refractivity contribution in [3.8, 4) is 0 Å². The fourth-order valence-corrected chi connectivity index (χ4v) is 4.71. The van der Waals surface area contributed by atoms with Gasteiger partial charge in [0, 0.05) is 25.3 Å². The van der Waals surface area contributed by atoms with E-state index in [-0.39, 0.29) is 13.1 Å². The number of anilines is 2. The van der Waals surface area contributed by atoms with Crippen LogP contribution in [0.1, 0.15) is 34.8 Å². The predicted octanol–water partition coefficient (Wildman–Crippen LogP) is 7.58. The number of alkyl halides is 6. The Morgan fingerprint density at radius 2 is 1.66 bits per heavy atom. The lowest BCUT2D eigenvalue weighted by Crippen LogP contribution is -2.44. The molecule has 0 aliphatic carbocycles. The van der Waals surface area contributed by atoms with E-state index in [4.69, 9.17) is 11.6 Å². The van der Waals surface area contributed by atoms with Crippen LogP contribution >= 0.6 is 11.6 Å². The van der Waals surface area contributed by atoms with E-state index in [1.54, 1.807) is 42.2 Å². The second-order valence-corrected chi connectivity index (χ2v) is 8.89. The molecule has 1 aliphatic rings. The molecule has 1 atom stereocenters. The van der Waals surface area contributed by atoms with E-state index >= 15 is 0 Å². The Morgan fingerprint density at radius 1 is 0.943 bits per heavy atom. The largest absolute Gasteiger partial charge is 0.416 e. The van der Waals surface area contributed by atoms with Crippen molar-refractivity contribution in [3.05, 3.63) is 88.2 Å². The van der Waals surface area contributed by atoms with Crippen LogP contribution in [-0.4, -0.2) is 24.2 Å². The smallest absolute Gasteiger partial charge is 0.363 e. The van der Waals surface area contributed by atoms with E-state index in [1.807, 2.05) is 11.0 Å². The maximum atomic E-state index is 13.4. The average Bonchev–Trinajstić information content (AvgIpc) is 2.76. The summed E-state index contributed by atoms with van der Waals surface area (Å²) in [5.41, 5.74) is 2.23. The molecule has 0 fully saturated rings. The van der Waals surface area contributed by atoms with Gasteiger partial charge in [0.15, 0.2) is 0 Å². The van der Waals surface area contributed by atoms with Crippen LogP contribution in [0.5, 0.6) is 0 Å². The number of aryl methyl sites for hydroxylation is 1. The number of fused-ring (bicyclic) bond motifs is 1. The second-order valence-electron chi connectivity index (χ2n) is 8.51. The number of aromatic nitrogens is 1. The third kappa shape index (κ3) is 6.01. The molecule has 3 nitrogen and oxygen atoms in total. The number of hydrogen-bond donors (Lipinski definition) is 0. The Hall–Kier alpha value is -2.94. The van der Waals surface area contributed by atoms with E-state index in [2.05, 4.69) is 4.98 Å². The Labute approximate surface area is 203 Å². The number of benzene rings is 2. The highest BCUT2D eigenvalue weighted by molar-refractivity contribution is 6.29. The standard InChI is InChI=1S/C25H22ClF6N3/c1-16-11-17(12-23(26)33-16)14-34-15-22(18-5-4-6-19(13-18)25(30,31)32)35(10-9-24(27,28)29)21-8-3-2-7-20(21)34/h2-8,11-13,22H,9-10,14-15H2,1H3/t22-/m0/s1. The first-order valence-corrected chi connectivity index (χ1v) is 11.3. The summed E-state index contributed by atoms with van der Waals surface area (Å²) in [5.74, 6) is 0. The molecule has 35 heavy (non-hydrogen) atoms. The Kier molecular flexibility index (Phi) is 6.90. The van der Waals surface area contributed by atoms with Crippen LogP contribution in [0.25, 0.3) is 0 Å². The summed E-state index contributed by atoms with van der Waals surface area (Å²) in [6.07, 6.45) is -10.1. The van der Waals surface area contributed by atoms with Crippen LogP contribution in [0.4, 0.5) is 37.7 Å². The van der Waals surface area contributed by atoms with Gasteiger partial charge in [0.1, 0.15) is 5.15 Å². The van der Waals surface area contributed by atoms with Gasteiger partial charge in [0.05, 0.1) is 29.4 Å². The highest BCUT2D eigenvalue weighted by Gasteiger charge is 2.37. The van der Waals surface area contributed by atoms with E-state index in [9.17, 15) is 26.3 Å². The molecule has 0 radical (unpaired) electrons. The summed E-state index contributed by atoms with van der Waals surface area (Å²) in [4.78, 5) is 7.66. The molecule has 0 bridgehead atoms. The zero-order valence-corrected chi connectivity index (χ0v) is 19.4. The molecule has 1 aromatic heterocycles. The van der Waals surface area contributed by atoms with Gasteiger partial charge in [-0.1, -0.05) is 35.9 Å². The van der Waals surface area contributed by atoms with Crippen molar-refractivity contribution in [3.63, 3.8) is 0 Å².